The van der Waals surface area contributed by atoms with E-state index in [0.29, 0.717) is 19.3 Å². The average molecular weight is 399 g/mol. The largest absolute Gasteiger partial charge is 0.444 e. The van der Waals surface area contributed by atoms with Crippen molar-refractivity contribution in [2.24, 2.45) is 0 Å². The first-order valence-corrected chi connectivity index (χ1v) is 9.38. The Balaban J connectivity index is 4.79. The van der Waals surface area contributed by atoms with E-state index in [1.54, 1.807) is 41.5 Å². The lowest BCUT2D eigenvalue weighted by Gasteiger charge is -2.24. The van der Waals surface area contributed by atoms with Crippen LogP contribution in [-0.2, 0) is 19.1 Å². The van der Waals surface area contributed by atoms with E-state index in [9.17, 15) is 19.2 Å². The molecule has 0 radical (unpaired) electrons. The molecule has 2 N–H and O–H groups in total. The Morgan fingerprint density at radius 3 is 1.89 bits per heavy atom. The molecule has 28 heavy (non-hydrogen) atoms. The Kier molecular flexibility index (Phi) is 10.5. The molecule has 0 aromatic heterocycles. The van der Waals surface area contributed by atoms with E-state index < -0.39 is 29.4 Å². The summed E-state index contributed by atoms with van der Waals surface area (Å²) in [6, 6.07) is -0.961. The van der Waals surface area contributed by atoms with Crippen molar-refractivity contribution >= 4 is 23.8 Å². The predicted octanol–water partition coefficient (Wildman–Crippen LogP) is 3.29. The number of amides is 2. The van der Waals surface area contributed by atoms with Crippen molar-refractivity contribution in [3.63, 3.8) is 0 Å². The molecule has 0 heterocycles. The van der Waals surface area contributed by atoms with Gasteiger partial charge in [0.05, 0.1) is 0 Å². The lowest BCUT2D eigenvalue weighted by Crippen LogP contribution is -2.50. The highest BCUT2D eigenvalue weighted by molar-refractivity contribution is 5.89. The summed E-state index contributed by atoms with van der Waals surface area (Å²) in [5.41, 5.74) is -1.40. The maximum atomic E-state index is 12.5. The van der Waals surface area contributed by atoms with Crippen molar-refractivity contribution in [3.05, 3.63) is 12.7 Å². The first kappa shape index (κ1) is 25.6. The number of hydrogen-bond acceptors (Lipinski definition) is 6. The minimum atomic E-state index is -0.961. The third-order valence-electron chi connectivity index (χ3n) is 3.25. The molecule has 1 unspecified atom stereocenters. The summed E-state index contributed by atoms with van der Waals surface area (Å²) in [4.78, 5) is 47.6. The van der Waals surface area contributed by atoms with Gasteiger partial charge in [0.25, 0.3) is 0 Å². The Labute approximate surface area is 167 Å². The zero-order valence-corrected chi connectivity index (χ0v) is 17.8. The molecule has 0 aliphatic carbocycles. The number of ketones is 2. The van der Waals surface area contributed by atoms with Crippen molar-refractivity contribution in [1.29, 1.82) is 0 Å². The van der Waals surface area contributed by atoms with E-state index in [2.05, 4.69) is 17.2 Å². The van der Waals surface area contributed by atoms with E-state index in [4.69, 9.17) is 9.47 Å². The van der Waals surface area contributed by atoms with Gasteiger partial charge in [-0.05, 0) is 60.5 Å². The van der Waals surface area contributed by atoms with Gasteiger partial charge in [0, 0.05) is 19.4 Å². The zero-order chi connectivity index (χ0) is 22.0. The quantitative estimate of drug-likeness (QED) is 0.431. The fourth-order valence-electron chi connectivity index (χ4n) is 2.07. The Bertz CT molecular complexity index is 572. The topological polar surface area (TPSA) is 111 Å². The molecule has 0 aromatic carbocycles. The van der Waals surface area contributed by atoms with Gasteiger partial charge in [0.2, 0.25) is 0 Å². The van der Waals surface area contributed by atoms with Crippen molar-refractivity contribution in [2.45, 2.75) is 84.5 Å². The molecule has 0 aromatic rings. The molecular weight excluding hydrogens is 364 g/mol. The molecule has 0 bridgehead atoms. The number of carbonyl (C=O) groups excluding carboxylic acids is 4. The third-order valence-corrected chi connectivity index (χ3v) is 3.25. The number of hydrogen-bond donors (Lipinski definition) is 2. The van der Waals surface area contributed by atoms with Crippen molar-refractivity contribution in [3.8, 4) is 0 Å². The van der Waals surface area contributed by atoms with Crippen LogP contribution in [0.15, 0.2) is 12.7 Å². The second kappa shape index (κ2) is 11.5. The molecule has 1 atom stereocenters. The fourth-order valence-corrected chi connectivity index (χ4v) is 2.07. The summed E-state index contributed by atoms with van der Waals surface area (Å²) >= 11 is 0. The second-order valence-corrected chi connectivity index (χ2v) is 8.43. The lowest BCUT2D eigenvalue weighted by atomic mass is 10.0. The average Bonchev–Trinajstić information content (AvgIpc) is 2.51. The van der Waals surface area contributed by atoms with Gasteiger partial charge in [-0.3, -0.25) is 9.59 Å². The van der Waals surface area contributed by atoms with Gasteiger partial charge < -0.3 is 20.1 Å². The molecule has 0 saturated heterocycles. The highest BCUT2D eigenvalue weighted by atomic mass is 16.6. The number of carbonyl (C=O) groups is 4. The minimum Gasteiger partial charge on any atom is -0.444 e. The Hall–Kier alpha value is -2.38. The predicted molar refractivity (Wildman–Crippen MR) is 106 cm³/mol. The van der Waals surface area contributed by atoms with Gasteiger partial charge in [-0.2, -0.15) is 0 Å². The summed E-state index contributed by atoms with van der Waals surface area (Å²) in [6.07, 6.45) is 1.30. The molecule has 8 nitrogen and oxygen atoms in total. The van der Waals surface area contributed by atoms with Crippen molar-refractivity contribution < 1.29 is 28.7 Å². The molecule has 2 amide bonds. The maximum absolute atomic E-state index is 12.5. The molecule has 160 valence electrons. The first-order valence-electron chi connectivity index (χ1n) is 9.38. The fraction of sp³-hybridized carbons (Fsp3) is 0.700. The van der Waals surface area contributed by atoms with Crippen LogP contribution in [0.2, 0.25) is 0 Å². The van der Waals surface area contributed by atoms with Crippen molar-refractivity contribution in [1.82, 2.24) is 10.6 Å². The molecule has 0 fully saturated rings. The van der Waals surface area contributed by atoms with Crippen LogP contribution in [0.1, 0.15) is 67.2 Å². The van der Waals surface area contributed by atoms with Crippen LogP contribution >= 0.6 is 0 Å². The monoisotopic (exact) mass is 398 g/mol. The third kappa shape index (κ3) is 13.8. The Morgan fingerprint density at radius 1 is 0.893 bits per heavy atom. The van der Waals surface area contributed by atoms with Gasteiger partial charge in [0.1, 0.15) is 17.2 Å². The maximum Gasteiger partial charge on any atom is 0.408 e. The van der Waals surface area contributed by atoms with E-state index in [-0.39, 0.29) is 24.5 Å². The van der Waals surface area contributed by atoms with Gasteiger partial charge in [-0.25, -0.2) is 9.59 Å². The summed E-state index contributed by atoms with van der Waals surface area (Å²) in [5.74, 6) is -0.351. The lowest BCUT2D eigenvalue weighted by molar-refractivity contribution is -0.121. The SMILES string of the molecule is C=CC(=O)CCCCC(=O)C(CNC(=O)OC(C)(C)C)NC(=O)OC(C)(C)C. The summed E-state index contributed by atoms with van der Waals surface area (Å²) in [7, 11) is 0. The van der Waals surface area contributed by atoms with Crippen LogP contribution in [0.25, 0.3) is 0 Å². The van der Waals surface area contributed by atoms with Gasteiger partial charge in [0.15, 0.2) is 11.6 Å². The van der Waals surface area contributed by atoms with Gasteiger partial charge in [-0.15, -0.1) is 0 Å². The molecule has 0 rings (SSSR count). The number of alkyl carbamates (subject to hydrolysis) is 2. The van der Waals surface area contributed by atoms with Crippen molar-refractivity contribution in [2.75, 3.05) is 6.54 Å². The molecule has 0 spiro atoms. The number of Topliss-reactive ketones (excluding diaryl/α,β-unsaturated/α-hetero) is 1. The Morgan fingerprint density at radius 2 is 1.39 bits per heavy atom. The van der Waals surface area contributed by atoms with E-state index in [0.717, 1.165) is 0 Å². The number of nitrogens with one attached hydrogen (secondary N) is 2. The minimum absolute atomic E-state index is 0.0810. The molecule has 0 aliphatic heterocycles. The molecule has 0 saturated carbocycles. The van der Waals surface area contributed by atoms with Gasteiger partial charge >= 0.3 is 12.2 Å². The smallest absolute Gasteiger partial charge is 0.408 e. The van der Waals surface area contributed by atoms with Crippen LogP contribution in [0.4, 0.5) is 9.59 Å². The first-order chi connectivity index (χ1) is 12.7. The highest BCUT2D eigenvalue weighted by Gasteiger charge is 2.25. The van der Waals surface area contributed by atoms with Gasteiger partial charge in [-0.1, -0.05) is 6.58 Å². The molecule has 8 heteroatoms. The van der Waals surface area contributed by atoms with E-state index in [1.165, 1.54) is 6.08 Å². The van der Waals surface area contributed by atoms with E-state index in [1.807, 2.05) is 0 Å². The van der Waals surface area contributed by atoms with Crippen LogP contribution in [0.5, 0.6) is 0 Å². The highest BCUT2D eigenvalue weighted by Crippen LogP contribution is 2.09. The number of rotatable bonds is 10. The van der Waals surface area contributed by atoms with Crippen LogP contribution in [0, 0.1) is 0 Å². The number of allylic oxidation sites excluding steroid dienone is 1. The molecule has 0 aliphatic rings. The normalized spacial score (nSPS) is 12.5. The molecular formula is C20H34N2O6. The zero-order valence-electron chi connectivity index (χ0n) is 17.8. The van der Waals surface area contributed by atoms with Crippen LogP contribution in [0.3, 0.4) is 0 Å². The number of ether oxygens (including phenoxy) is 2. The second-order valence-electron chi connectivity index (χ2n) is 8.43. The summed E-state index contributed by atoms with van der Waals surface area (Å²) in [6.45, 7) is 13.6. The summed E-state index contributed by atoms with van der Waals surface area (Å²) in [5, 5.41) is 4.97. The van der Waals surface area contributed by atoms with Crippen LogP contribution in [-0.4, -0.2) is 47.5 Å². The number of unbranched alkanes of at least 4 members (excludes halogenated alkanes) is 1. The van der Waals surface area contributed by atoms with E-state index >= 15 is 0 Å². The summed E-state index contributed by atoms with van der Waals surface area (Å²) < 4.78 is 10.3. The van der Waals surface area contributed by atoms with Crippen LogP contribution < -0.4 is 10.6 Å². The standard InChI is InChI=1S/C20H34N2O6/c1-8-14(23)11-9-10-12-16(24)15(22-18(26)28-20(5,6)7)13-21-17(25)27-19(2,3)4/h8,15H,1,9-13H2,2-7H3,(H,21,25)(H,22,26).